The van der Waals surface area contributed by atoms with E-state index in [1.54, 1.807) is 11.6 Å². The molecule has 1 aliphatic carbocycles. The summed E-state index contributed by atoms with van der Waals surface area (Å²) < 4.78 is 1.72. The lowest BCUT2D eigenvalue weighted by Crippen LogP contribution is -2.42. The van der Waals surface area contributed by atoms with Gasteiger partial charge in [-0.25, -0.2) is 9.67 Å². The van der Waals surface area contributed by atoms with Gasteiger partial charge in [0.15, 0.2) is 11.2 Å². The summed E-state index contributed by atoms with van der Waals surface area (Å²) in [5.74, 6) is 1.76. The molecular formula is C19H28N6O2. The lowest BCUT2D eigenvalue weighted by molar-refractivity contribution is -0.134. The molecule has 8 heteroatoms. The fourth-order valence-electron chi connectivity index (χ4n) is 4.55. The average molecular weight is 372 g/mol. The van der Waals surface area contributed by atoms with Crippen LogP contribution >= 0.6 is 0 Å². The number of rotatable bonds is 4. The van der Waals surface area contributed by atoms with Gasteiger partial charge in [-0.1, -0.05) is 24.5 Å². The third-order valence-electron chi connectivity index (χ3n) is 5.98. The number of likely N-dealkylation sites (tertiary alicyclic amines) is 1. The zero-order chi connectivity index (χ0) is 18.8. The number of carbonyl (C=O) groups is 1. The van der Waals surface area contributed by atoms with Crippen LogP contribution in [0.5, 0.6) is 0 Å². The van der Waals surface area contributed by atoms with Crippen LogP contribution in [0.4, 0.5) is 0 Å². The molecule has 1 atom stereocenters. The van der Waals surface area contributed by atoms with Crippen LogP contribution in [0.1, 0.15) is 57.2 Å². The maximum Gasteiger partial charge on any atom is 0.281 e. The lowest BCUT2D eigenvalue weighted by atomic mass is 9.86. The number of carbonyl (C=O) groups excluding carboxylic acids is 1. The summed E-state index contributed by atoms with van der Waals surface area (Å²) >= 11 is 0. The molecular weight excluding hydrogens is 344 g/mol. The normalized spacial score (nSPS) is 21.7. The minimum atomic E-state index is -0.253. The molecule has 146 valence electrons. The fourth-order valence-corrected chi connectivity index (χ4v) is 4.55. The molecule has 1 saturated carbocycles. The van der Waals surface area contributed by atoms with Crippen molar-refractivity contribution in [1.82, 2.24) is 29.9 Å². The highest BCUT2D eigenvalue weighted by atomic mass is 16.2. The largest absolute Gasteiger partial charge is 0.342 e. The van der Waals surface area contributed by atoms with Gasteiger partial charge in [0.05, 0.1) is 0 Å². The number of H-pyrrole nitrogens is 1. The van der Waals surface area contributed by atoms with E-state index >= 15 is 0 Å². The average Bonchev–Trinajstić information content (AvgIpc) is 3.06. The van der Waals surface area contributed by atoms with Gasteiger partial charge in [0.2, 0.25) is 5.91 Å². The van der Waals surface area contributed by atoms with Crippen LogP contribution in [0.25, 0.3) is 11.2 Å². The highest BCUT2D eigenvalue weighted by molar-refractivity contribution is 5.76. The molecule has 0 unspecified atom stereocenters. The third-order valence-corrected chi connectivity index (χ3v) is 5.98. The summed E-state index contributed by atoms with van der Waals surface area (Å²) in [6.07, 6.45) is 9.03. The van der Waals surface area contributed by atoms with E-state index in [0.29, 0.717) is 42.2 Å². The van der Waals surface area contributed by atoms with E-state index in [4.69, 9.17) is 0 Å². The molecule has 0 aromatic carbocycles. The second kappa shape index (κ2) is 7.78. The van der Waals surface area contributed by atoms with Crippen LogP contribution in [-0.4, -0.2) is 48.9 Å². The SMILES string of the molecule is Cc1nc2c(nnn2C[C@H]2CCCN(C(=O)CC3CCCCC3)C2)c(=O)[nH]1. The van der Waals surface area contributed by atoms with E-state index in [-0.39, 0.29) is 11.1 Å². The van der Waals surface area contributed by atoms with Crippen molar-refractivity contribution < 1.29 is 4.79 Å². The summed E-state index contributed by atoms with van der Waals surface area (Å²) in [6.45, 7) is 4.01. The summed E-state index contributed by atoms with van der Waals surface area (Å²) in [5, 5.41) is 8.12. The van der Waals surface area contributed by atoms with E-state index in [0.717, 1.165) is 25.9 Å². The molecule has 1 saturated heterocycles. The van der Waals surface area contributed by atoms with Crippen LogP contribution in [0.2, 0.25) is 0 Å². The van der Waals surface area contributed by atoms with Crippen LogP contribution in [-0.2, 0) is 11.3 Å². The molecule has 1 N–H and O–H groups in total. The molecule has 2 aromatic heterocycles. The minimum Gasteiger partial charge on any atom is -0.342 e. The van der Waals surface area contributed by atoms with E-state index < -0.39 is 0 Å². The fraction of sp³-hybridized carbons (Fsp3) is 0.737. The molecule has 2 fully saturated rings. The smallest absolute Gasteiger partial charge is 0.281 e. The molecule has 4 rings (SSSR count). The Morgan fingerprint density at radius 2 is 1.93 bits per heavy atom. The van der Waals surface area contributed by atoms with E-state index in [1.807, 2.05) is 4.90 Å². The number of aromatic amines is 1. The second-order valence-corrected chi connectivity index (χ2v) is 8.15. The monoisotopic (exact) mass is 372 g/mol. The first-order valence-corrected chi connectivity index (χ1v) is 10.2. The number of hydrogen-bond donors (Lipinski definition) is 1. The van der Waals surface area contributed by atoms with Gasteiger partial charge in [-0.2, -0.15) is 0 Å². The van der Waals surface area contributed by atoms with Gasteiger partial charge >= 0.3 is 0 Å². The Morgan fingerprint density at radius 3 is 2.74 bits per heavy atom. The lowest BCUT2D eigenvalue weighted by Gasteiger charge is -2.34. The first kappa shape index (κ1) is 18.1. The number of fused-ring (bicyclic) bond motifs is 1. The number of hydrogen-bond acceptors (Lipinski definition) is 5. The molecule has 1 aliphatic heterocycles. The highest BCUT2D eigenvalue weighted by Crippen LogP contribution is 2.28. The van der Waals surface area contributed by atoms with Crippen molar-refractivity contribution in [3.8, 4) is 0 Å². The Balaban J connectivity index is 1.41. The van der Waals surface area contributed by atoms with E-state index in [9.17, 15) is 9.59 Å². The summed E-state index contributed by atoms with van der Waals surface area (Å²) in [7, 11) is 0. The van der Waals surface area contributed by atoms with Crippen molar-refractivity contribution in [2.24, 2.45) is 11.8 Å². The Labute approximate surface area is 158 Å². The molecule has 2 aliphatic rings. The van der Waals surface area contributed by atoms with Crippen molar-refractivity contribution in [2.45, 2.75) is 64.8 Å². The molecule has 3 heterocycles. The molecule has 0 spiro atoms. The van der Waals surface area contributed by atoms with Crippen LogP contribution in [0.15, 0.2) is 4.79 Å². The standard InChI is InChI=1S/C19H28N6O2/c1-13-20-18-17(19(27)21-13)22-23-25(18)12-15-8-5-9-24(11-15)16(26)10-14-6-3-2-4-7-14/h14-15H,2-12H2,1H3,(H,20,21,27)/t15-/m0/s1. The first-order chi connectivity index (χ1) is 13.1. The molecule has 27 heavy (non-hydrogen) atoms. The first-order valence-electron chi connectivity index (χ1n) is 10.2. The van der Waals surface area contributed by atoms with Crippen molar-refractivity contribution in [3.63, 3.8) is 0 Å². The molecule has 8 nitrogen and oxygen atoms in total. The Morgan fingerprint density at radius 1 is 1.15 bits per heavy atom. The van der Waals surface area contributed by atoms with E-state index in [2.05, 4.69) is 20.3 Å². The van der Waals surface area contributed by atoms with Gasteiger partial charge in [0.1, 0.15) is 5.82 Å². The van der Waals surface area contributed by atoms with Crippen molar-refractivity contribution >= 4 is 17.1 Å². The second-order valence-electron chi connectivity index (χ2n) is 8.15. The quantitative estimate of drug-likeness (QED) is 0.886. The topological polar surface area (TPSA) is 96.8 Å². The number of piperidine rings is 1. The molecule has 2 aromatic rings. The van der Waals surface area contributed by atoms with Gasteiger partial charge in [-0.3, -0.25) is 9.59 Å². The highest BCUT2D eigenvalue weighted by Gasteiger charge is 2.27. The van der Waals surface area contributed by atoms with Crippen LogP contribution in [0, 0.1) is 18.8 Å². The number of aryl methyl sites for hydroxylation is 1. The predicted molar refractivity (Wildman–Crippen MR) is 101 cm³/mol. The van der Waals surface area contributed by atoms with Gasteiger partial charge in [-0.05, 0) is 44.4 Å². The van der Waals surface area contributed by atoms with Gasteiger partial charge in [0, 0.05) is 26.1 Å². The Hall–Kier alpha value is -2.25. The Bertz CT molecular complexity index is 867. The number of aromatic nitrogens is 5. The van der Waals surface area contributed by atoms with Gasteiger partial charge in [0.25, 0.3) is 5.56 Å². The summed E-state index contributed by atoms with van der Waals surface area (Å²) in [4.78, 5) is 33.8. The molecule has 1 amide bonds. The number of nitrogens with zero attached hydrogens (tertiary/aromatic N) is 5. The maximum atomic E-state index is 12.7. The minimum absolute atomic E-state index is 0.253. The van der Waals surface area contributed by atoms with Crippen LogP contribution < -0.4 is 5.56 Å². The van der Waals surface area contributed by atoms with Gasteiger partial charge < -0.3 is 9.88 Å². The summed E-state index contributed by atoms with van der Waals surface area (Å²) in [6, 6.07) is 0. The van der Waals surface area contributed by atoms with Crippen LogP contribution in [0.3, 0.4) is 0 Å². The zero-order valence-corrected chi connectivity index (χ0v) is 16.0. The predicted octanol–water partition coefficient (Wildman–Crippen LogP) is 2.03. The van der Waals surface area contributed by atoms with Crippen molar-refractivity contribution in [2.75, 3.05) is 13.1 Å². The Kier molecular flexibility index (Phi) is 5.22. The van der Waals surface area contributed by atoms with Crippen molar-refractivity contribution in [1.29, 1.82) is 0 Å². The molecule has 0 radical (unpaired) electrons. The maximum absolute atomic E-state index is 12.7. The third kappa shape index (κ3) is 4.04. The zero-order valence-electron chi connectivity index (χ0n) is 16.0. The molecule has 0 bridgehead atoms. The summed E-state index contributed by atoms with van der Waals surface area (Å²) in [5.41, 5.74) is 0.556. The number of amides is 1. The van der Waals surface area contributed by atoms with Crippen molar-refractivity contribution in [3.05, 3.63) is 16.2 Å². The van der Waals surface area contributed by atoms with Gasteiger partial charge in [-0.15, -0.1) is 5.10 Å². The number of nitrogens with one attached hydrogen (secondary N) is 1. The van der Waals surface area contributed by atoms with E-state index in [1.165, 1.54) is 32.1 Å².